The number of rotatable bonds is 2. The zero-order chi connectivity index (χ0) is 14.2. The Morgan fingerprint density at radius 2 is 2.10 bits per heavy atom. The Hall–Kier alpha value is -2.49. The summed E-state index contributed by atoms with van der Waals surface area (Å²) in [5, 5.41) is 9.42. The molecule has 1 aliphatic rings. The summed E-state index contributed by atoms with van der Waals surface area (Å²) in [6.07, 6.45) is 0. The van der Waals surface area contributed by atoms with Crippen molar-refractivity contribution in [3.8, 4) is 5.75 Å². The van der Waals surface area contributed by atoms with E-state index >= 15 is 0 Å². The van der Waals surface area contributed by atoms with Crippen molar-refractivity contribution in [2.45, 2.75) is 12.5 Å². The first kappa shape index (κ1) is 12.3. The topological polar surface area (TPSA) is 39.1 Å². The van der Waals surface area contributed by atoms with Crippen LogP contribution in [-0.2, 0) is 6.54 Å². The van der Waals surface area contributed by atoms with Gasteiger partial charge in [0.05, 0.1) is 19.2 Å². The molecule has 0 aliphatic carbocycles. The minimum atomic E-state index is 0.405. The van der Waals surface area contributed by atoms with Crippen molar-refractivity contribution in [2.24, 2.45) is 0 Å². The van der Waals surface area contributed by atoms with E-state index in [0.717, 1.165) is 30.2 Å². The van der Waals surface area contributed by atoms with Crippen LogP contribution in [0, 0.1) is 0 Å². The van der Waals surface area contributed by atoms with Crippen molar-refractivity contribution in [3.05, 3.63) is 54.1 Å². The minimum Gasteiger partial charge on any atom is -0.497 e. The molecule has 0 bridgehead atoms. The highest BCUT2D eigenvalue weighted by Gasteiger charge is 2.22. The molecule has 0 saturated heterocycles. The van der Waals surface area contributed by atoms with Crippen LogP contribution in [0.2, 0.25) is 0 Å². The second-order valence-electron chi connectivity index (χ2n) is 5.40. The van der Waals surface area contributed by atoms with Crippen molar-refractivity contribution < 1.29 is 4.74 Å². The Kier molecular flexibility index (Phi) is 2.81. The second kappa shape index (κ2) is 4.81. The van der Waals surface area contributed by atoms with E-state index in [9.17, 15) is 0 Å². The molecule has 1 atom stereocenters. The molecule has 1 aliphatic heterocycles. The number of aromatic nitrogens is 2. The van der Waals surface area contributed by atoms with Crippen LogP contribution in [-0.4, -0.2) is 23.4 Å². The van der Waals surface area contributed by atoms with E-state index in [0.29, 0.717) is 5.92 Å². The molecule has 4 rings (SSSR count). The van der Waals surface area contributed by atoms with Gasteiger partial charge in [-0.3, -0.25) is 0 Å². The van der Waals surface area contributed by atoms with Crippen LogP contribution < -0.4 is 10.1 Å². The summed E-state index contributed by atoms with van der Waals surface area (Å²) >= 11 is 0. The average molecular weight is 279 g/mol. The fourth-order valence-electron chi connectivity index (χ4n) is 3.01. The third-order valence-electron chi connectivity index (χ3n) is 4.12. The molecule has 1 aromatic heterocycles. The SMILES string of the molecule is COc1cccc(C2CNc3c4ccccc4nn3C2)c1. The molecular weight excluding hydrogens is 262 g/mol. The van der Waals surface area contributed by atoms with Gasteiger partial charge in [0.15, 0.2) is 0 Å². The van der Waals surface area contributed by atoms with Crippen LogP contribution in [0.25, 0.3) is 10.9 Å². The van der Waals surface area contributed by atoms with Gasteiger partial charge in [-0.15, -0.1) is 0 Å². The van der Waals surface area contributed by atoms with Crippen LogP contribution in [0.1, 0.15) is 11.5 Å². The van der Waals surface area contributed by atoms with E-state index in [4.69, 9.17) is 9.84 Å². The van der Waals surface area contributed by atoms with Gasteiger partial charge < -0.3 is 10.1 Å². The van der Waals surface area contributed by atoms with Crippen molar-refractivity contribution >= 4 is 16.7 Å². The van der Waals surface area contributed by atoms with Gasteiger partial charge in [0.2, 0.25) is 0 Å². The van der Waals surface area contributed by atoms with Crippen molar-refractivity contribution in [3.63, 3.8) is 0 Å². The molecule has 4 heteroatoms. The first-order valence-electron chi connectivity index (χ1n) is 7.18. The number of hydrogen-bond donors (Lipinski definition) is 1. The summed E-state index contributed by atoms with van der Waals surface area (Å²) in [5.41, 5.74) is 2.33. The third kappa shape index (κ3) is 2.03. The van der Waals surface area contributed by atoms with E-state index in [1.54, 1.807) is 7.11 Å². The molecule has 1 unspecified atom stereocenters. The van der Waals surface area contributed by atoms with Gasteiger partial charge in [-0.05, 0) is 29.8 Å². The predicted octanol–water partition coefficient (Wildman–Crippen LogP) is 3.25. The lowest BCUT2D eigenvalue weighted by molar-refractivity contribution is 0.413. The van der Waals surface area contributed by atoms with Crippen LogP contribution in [0.4, 0.5) is 5.82 Å². The number of nitrogens with one attached hydrogen (secondary N) is 1. The number of fused-ring (bicyclic) bond motifs is 3. The fraction of sp³-hybridized carbons (Fsp3) is 0.235. The number of hydrogen-bond acceptors (Lipinski definition) is 3. The number of ether oxygens (including phenoxy) is 1. The van der Waals surface area contributed by atoms with Crippen LogP contribution >= 0.6 is 0 Å². The number of anilines is 1. The van der Waals surface area contributed by atoms with Gasteiger partial charge >= 0.3 is 0 Å². The van der Waals surface area contributed by atoms with Crippen LogP contribution in [0.3, 0.4) is 0 Å². The van der Waals surface area contributed by atoms with Gasteiger partial charge in [-0.1, -0.05) is 24.3 Å². The smallest absolute Gasteiger partial charge is 0.132 e. The molecule has 3 aromatic rings. The minimum absolute atomic E-state index is 0.405. The number of methoxy groups -OCH3 is 1. The quantitative estimate of drug-likeness (QED) is 0.782. The molecule has 0 amide bonds. The molecule has 0 spiro atoms. The largest absolute Gasteiger partial charge is 0.497 e. The monoisotopic (exact) mass is 279 g/mol. The molecule has 21 heavy (non-hydrogen) atoms. The molecular formula is C17H17N3O. The van der Waals surface area contributed by atoms with Gasteiger partial charge in [0.25, 0.3) is 0 Å². The Balaban J connectivity index is 1.70. The molecule has 4 nitrogen and oxygen atoms in total. The summed E-state index contributed by atoms with van der Waals surface area (Å²) in [7, 11) is 1.70. The third-order valence-corrected chi connectivity index (χ3v) is 4.12. The maximum absolute atomic E-state index is 5.32. The van der Waals surface area contributed by atoms with E-state index in [1.165, 1.54) is 10.9 Å². The number of nitrogens with zero attached hydrogens (tertiary/aromatic N) is 2. The van der Waals surface area contributed by atoms with Crippen molar-refractivity contribution in [1.82, 2.24) is 9.78 Å². The van der Waals surface area contributed by atoms with Crippen LogP contribution in [0.15, 0.2) is 48.5 Å². The fourth-order valence-corrected chi connectivity index (χ4v) is 3.01. The Morgan fingerprint density at radius 1 is 1.19 bits per heavy atom. The lowest BCUT2D eigenvalue weighted by Crippen LogP contribution is -2.26. The highest BCUT2D eigenvalue weighted by molar-refractivity contribution is 5.90. The predicted molar refractivity (Wildman–Crippen MR) is 84.0 cm³/mol. The van der Waals surface area contributed by atoms with E-state index in [-0.39, 0.29) is 0 Å². The highest BCUT2D eigenvalue weighted by Crippen LogP contribution is 2.31. The van der Waals surface area contributed by atoms with E-state index in [1.807, 2.05) is 18.2 Å². The Labute approximate surface area is 123 Å². The number of benzene rings is 2. The highest BCUT2D eigenvalue weighted by atomic mass is 16.5. The summed E-state index contributed by atoms with van der Waals surface area (Å²) in [5.74, 6) is 2.44. The summed E-state index contributed by atoms with van der Waals surface area (Å²) in [4.78, 5) is 0. The lowest BCUT2D eigenvalue weighted by Gasteiger charge is -2.25. The van der Waals surface area contributed by atoms with Gasteiger partial charge in [0, 0.05) is 17.8 Å². The lowest BCUT2D eigenvalue weighted by atomic mass is 9.97. The molecule has 106 valence electrons. The van der Waals surface area contributed by atoms with E-state index < -0.39 is 0 Å². The Morgan fingerprint density at radius 3 is 3.00 bits per heavy atom. The second-order valence-corrected chi connectivity index (χ2v) is 5.40. The molecule has 1 N–H and O–H groups in total. The van der Waals surface area contributed by atoms with Crippen LogP contribution in [0.5, 0.6) is 5.75 Å². The molecule has 0 saturated carbocycles. The van der Waals surface area contributed by atoms with E-state index in [2.05, 4.69) is 40.3 Å². The summed E-state index contributed by atoms with van der Waals surface area (Å²) in [6.45, 7) is 1.81. The standard InChI is InChI=1S/C17H17N3O/c1-21-14-6-4-5-12(9-14)13-10-18-17-15-7-2-3-8-16(15)19-20(17)11-13/h2-9,13,18H,10-11H2,1H3. The normalized spacial score (nSPS) is 17.3. The maximum Gasteiger partial charge on any atom is 0.132 e. The molecule has 2 aromatic carbocycles. The zero-order valence-corrected chi connectivity index (χ0v) is 11.9. The average Bonchev–Trinajstić information content (AvgIpc) is 2.92. The first-order valence-corrected chi connectivity index (χ1v) is 7.18. The van der Waals surface area contributed by atoms with Gasteiger partial charge in [-0.2, -0.15) is 5.10 Å². The molecule has 0 fully saturated rings. The van der Waals surface area contributed by atoms with Gasteiger partial charge in [-0.25, -0.2) is 4.68 Å². The zero-order valence-electron chi connectivity index (χ0n) is 11.9. The molecule has 0 radical (unpaired) electrons. The summed E-state index contributed by atoms with van der Waals surface area (Å²) < 4.78 is 7.40. The first-order chi connectivity index (χ1) is 10.3. The van der Waals surface area contributed by atoms with Crippen molar-refractivity contribution in [2.75, 3.05) is 19.0 Å². The Bertz CT molecular complexity index is 794. The van der Waals surface area contributed by atoms with Crippen molar-refractivity contribution in [1.29, 1.82) is 0 Å². The summed E-state index contributed by atoms with van der Waals surface area (Å²) in [6, 6.07) is 16.6. The van der Waals surface area contributed by atoms with Gasteiger partial charge in [0.1, 0.15) is 11.6 Å². The molecule has 2 heterocycles. The maximum atomic E-state index is 5.32.